The van der Waals surface area contributed by atoms with E-state index < -0.39 is 0 Å². The second kappa shape index (κ2) is 2.53. The van der Waals surface area contributed by atoms with Gasteiger partial charge >= 0.3 is 6.01 Å². The fourth-order valence-corrected chi connectivity index (χ4v) is 1.29. The molecule has 0 saturated heterocycles. The molecule has 2 N–H and O–H groups in total. The zero-order valence-electron chi connectivity index (χ0n) is 6.29. The van der Waals surface area contributed by atoms with Crippen molar-refractivity contribution in [1.29, 1.82) is 0 Å². The van der Waals surface area contributed by atoms with E-state index in [0.717, 1.165) is 12.3 Å². The van der Waals surface area contributed by atoms with Gasteiger partial charge in [0.15, 0.2) is 0 Å². The predicted octanol–water partition coefficient (Wildman–Crippen LogP) is 0.994. The quantitative estimate of drug-likeness (QED) is 0.688. The molecule has 0 unspecified atom stereocenters. The maximum atomic E-state index is 5.27. The molecule has 2 rings (SSSR count). The number of hydrogen-bond acceptors (Lipinski definition) is 4. The number of nitrogens with zero attached hydrogens (tertiary/aromatic N) is 2. The topological polar surface area (TPSA) is 64.9 Å². The average Bonchev–Trinajstić information content (AvgIpc) is 2.27. The van der Waals surface area contributed by atoms with Crippen molar-refractivity contribution in [2.45, 2.75) is 25.7 Å². The summed E-state index contributed by atoms with van der Waals surface area (Å²) in [6.45, 7) is 0. The normalized spacial score (nSPS) is 18.2. The summed E-state index contributed by atoms with van der Waals surface area (Å²) in [5, 5.41) is 7.39. The van der Waals surface area contributed by atoms with Crippen LogP contribution < -0.4 is 5.73 Å². The number of hydrogen-bond donors (Lipinski definition) is 1. The van der Waals surface area contributed by atoms with Crippen molar-refractivity contribution in [3.8, 4) is 0 Å². The molecule has 0 bridgehead atoms. The SMILES string of the molecule is Nc1nnc(CC2CCC2)o1. The fraction of sp³-hybridized carbons (Fsp3) is 0.714. The van der Waals surface area contributed by atoms with Crippen molar-refractivity contribution >= 4 is 6.01 Å². The lowest BCUT2D eigenvalue weighted by Crippen LogP contribution is -2.13. The zero-order chi connectivity index (χ0) is 7.68. The van der Waals surface area contributed by atoms with Gasteiger partial charge in [0.1, 0.15) is 0 Å². The highest BCUT2D eigenvalue weighted by molar-refractivity contribution is 5.05. The third-order valence-electron chi connectivity index (χ3n) is 2.17. The summed E-state index contributed by atoms with van der Waals surface area (Å²) in [6.07, 6.45) is 4.84. The van der Waals surface area contributed by atoms with Crippen LogP contribution in [0.25, 0.3) is 0 Å². The van der Waals surface area contributed by atoms with Gasteiger partial charge in [0.25, 0.3) is 0 Å². The summed E-state index contributed by atoms with van der Waals surface area (Å²) in [5.74, 6) is 1.45. The highest BCUT2D eigenvalue weighted by atomic mass is 16.4. The number of aromatic nitrogens is 2. The largest absolute Gasteiger partial charge is 0.408 e. The summed E-state index contributed by atoms with van der Waals surface area (Å²) in [4.78, 5) is 0. The van der Waals surface area contributed by atoms with Crippen LogP contribution in [0.2, 0.25) is 0 Å². The lowest BCUT2D eigenvalue weighted by Gasteiger charge is -2.23. The molecule has 0 atom stereocenters. The van der Waals surface area contributed by atoms with E-state index in [-0.39, 0.29) is 6.01 Å². The van der Waals surface area contributed by atoms with Gasteiger partial charge in [-0.3, -0.25) is 0 Å². The molecule has 0 spiro atoms. The molecule has 0 aliphatic heterocycles. The van der Waals surface area contributed by atoms with Gasteiger partial charge in [-0.1, -0.05) is 11.5 Å². The Hall–Kier alpha value is -1.06. The standard InChI is InChI=1S/C7H11N3O/c8-7-10-9-6(11-7)4-5-2-1-3-5/h5H,1-4H2,(H2,8,10). The number of nitrogen functional groups attached to an aromatic ring is 1. The first-order chi connectivity index (χ1) is 5.34. The minimum absolute atomic E-state index is 0.180. The van der Waals surface area contributed by atoms with Crippen LogP contribution in [0.5, 0.6) is 0 Å². The molecule has 0 aromatic carbocycles. The molecule has 60 valence electrons. The molecule has 11 heavy (non-hydrogen) atoms. The second-order valence-corrected chi connectivity index (χ2v) is 3.04. The van der Waals surface area contributed by atoms with Crippen LogP contribution in [0, 0.1) is 5.92 Å². The van der Waals surface area contributed by atoms with Gasteiger partial charge in [-0.05, 0) is 18.8 Å². The van der Waals surface area contributed by atoms with Crippen LogP contribution in [0.15, 0.2) is 4.42 Å². The molecule has 1 aromatic heterocycles. The van der Waals surface area contributed by atoms with Crippen molar-refractivity contribution in [1.82, 2.24) is 10.2 Å². The molecule has 1 saturated carbocycles. The molecule has 1 aliphatic rings. The van der Waals surface area contributed by atoms with Crippen molar-refractivity contribution in [3.63, 3.8) is 0 Å². The molecule has 0 radical (unpaired) electrons. The van der Waals surface area contributed by atoms with Crippen molar-refractivity contribution in [2.75, 3.05) is 5.73 Å². The van der Waals surface area contributed by atoms with E-state index in [1.807, 2.05) is 0 Å². The first kappa shape index (κ1) is 6.64. The van der Waals surface area contributed by atoms with Gasteiger partial charge in [0.2, 0.25) is 5.89 Å². The minimum atomic E-state index is 0.180. The summed E-state index contributed by atoms with van der Waals surface area (Å²) < 4.78 is 5.05. The third kappa shape index (κ3) is 1.34. The first-order valence-electron chi connectivity index (χ1n) is 3.92. The molecular weight excluding hydrogens is 142 g/mol. The zero-order valence-corrected chi connectivity index (χ0v) is 6.29. The van der Waals surface area contributed by atoms with Gasteiger partial charge in [0, 0.05) is 6.42 Å². The van der Waals surface area contributed by atoms with Gasteiger partial charge < -0.3 is 10.2 Å². The van der Waals surface area contributed by atoms with Gasteiger partial charge in [-0.15, -0.1) is 5.10 Å². The fourth-order valence-electron chi connectivity index (χ4n) is 1.29. The van der Waals surface area contributed by atoms with E-state index >= 15 is 0 Å². The molecule has 1 aromatic rings. The smallest absolute Gasteiger partial charge is 0.312 e. The van der Waals surface area contributed by atoms with Crippen LogP contribution in [0.3, 0.4) is 0 Å². The van der Waals surface area contributed by atoms with Crippen LogP contribution in [-0.2, 0) is 6.42 Å². The monoisotopic (exact) mass is 153 g/mol. The van der Waals surface area contributed by atoms with Gasteiger partial charge in [0.05, 0.1) is 0 Å². The Morgan fingerprint density at radius 3 is 2.73 bits per heavy atom. The first-order valence-corrected chi connectivity index (χ1v) is 3.92. The van der Waals surface area contributed by atoms with Crippen LogP contribution in [0.1, 0.15) is 25.2 Å². The lowest BCUT2D eigenvalue weighted by molar-refractivity contribution is 0.291. The van der Waals surface area contributed by atoms with Crippen LogP contribution >= 0.6 is 0 Å². The highest BCUT2D eigenvalue weighted by Gasteiger charge is 2.20. The Balaban J connectivity index is 1.95. The van der Waals surface area contributed by atoms with E-state index in [4.69, 9.17) is 10.2 Å². The number of nitrogens with two attached hydrogens (primary N) is 1. The van der Waals surface area contributed by atoms with E-state index in [1.165, 1.54) is 19.3 Å². The number of rotatable bonds is 2. The van der Waals surface area contributed by atoms with Crippen molar-refractivity contribution < 1.29 is 4.42 Å². The van der Waals surface area contributed by atoms with E-state index in [1.54, 1.807) is 0 Å². The average molecular weight is 153 g/mol. The Kier molecular flexibility index (Phi) is 1.52. The molecule has 1 heterocycles. The van der Waals surface area contributed by atoms with Crippen molar-refractivity contribution in [3.05, 3.63) is 5.89 Å². The summed E-state index contributed by atoms with van der Waals surface area (Å²) in [6, 6.07) is 0.180. The maximum absolute atomic E-state index is 5.27. The van der Waals surface area contributed by atoms with E-state index in [9.17, 15) is 0 Å². The molecule has 0 amide bonds. The second-order valence-electron chi connectivity index (χ2n) is 3.04. The summed E-state index contributed by atoms with van der Waals surface area (Å²) >= 11 is 0. The summed E-state index contributed by atoms with van der Waals surface area (Å²) in [7, 11) is 0. The Morgan fingerprint density at radius 2 is 2.27 bits per heavy atom. The minimum Gasteiger partial charge on any atom is -0.408 e. The lowest BCUT2D eigenvalue weighted by atomic mass is 9.83. The van der Waals surface area contributed by atoms with Crippen LogP contribution in [-0.4, -0.2) is 10.2 Å². The Labute approximate surface area is 64.8 Å². The molecule has 4 heteroatoms. The van der Waals surface area contributed by atoms with Gasteiger partial charge in [-0.2, -0.15) is 0 Å². The maximum Gasteiger partial charge on any atom is 0.312 e. The van der Waals surface area contributed by atoms with Gasteiger partial charge in [-0.25, -0.2) is 0 Å². The predicted molar refractivity (Wildman–Crippen MR) is 39.8 cm³/mol. The Bertz CT molecular complexity index is 242. The Morgan fingerprint density at radius 1 is 1.45 bits per heavy atom. The molecule has 4 nitrogen and oxygen atoms in total. The van der Waals surface area contributed by atoms with E-state index in [2.05, 4.69) is 10.2 Å². The van der Waals surface area contributed by atoms with Crippen LogP contribution in [0.4, 0.5) is 6.01 Å². The molecule has 1 aliphatic carbocycles. The van der Waals surface area contributed by atoms with Crippen molar-refractivity contribution in [2.24, 2.45) is 5.92 Å². The highest BCUT2D eigenvalue weighted by Crippen LogP contribution is 2.29. The number of anilines is 1. The summed E-state index contributed by atoms with van der Waals surface area (Å²) in [5.41, 5.74) is 5.27. The molecule has 1 fully saturated rings. The third-order valence-corrected chi connectivity index (χ3v) is 2.17. The van der Waals surface area contributed by atoms with E-state index in [0.29, 0.717) is 5.89 Å². The molecular formula is C7H11N3O.